The zero-order chi connectivity index (χ0) is 12.1. The van der Waals surface area contributed by atoms with Crippen molar-refractivity contribution in [3.8, 4) is 0 Å². The number of carbonyl (C=O) groups excluding carboxylic acids is 1. The smallest absolute Gasteiger partial charge is 0.275 e. The highest BCUT2D eigenvalue weighted by atomic mass is 35.5. The number of benzene rings is 1. The molecule has 0 atom stereocenters. The van der Waals surface area contributed by atoms with E-state index in [1.54, 1.807) is 12.1 Å². The third-order valence-electron chi connectivity index (χ3n) is 2.44. The SMILES string of the molecule is CC1(C)Nc2cccc(Cl)c2S(=O)(=O)C1=O. The van der Waals surface area contributed by atoms with Gasteiger partial charge < -0.3 is 5.32 Å². The van der Waals surface area contributed by atoms with E-state index in [0.717, 1.165) is 0 Å². The second kappa shape index (κ2) is 3.21. The average molecular weight is 260 g/mol. The zero-order valence-electron chi connectivity index (χ0n) is 8.74. The number of carbonyl (C=O) groups is 1. The number of hydrogen-bond donors (Lipinski definition) is 1. The molecular formula is C10H10ClNO3S. The minimum Gasteiger partial charge on any atom is -0.371 e. The van der Waals surface area contributed by atoms with Crippen molar-refractivity contribution < 1.29 is 13.2 Å². The van der Waals surface area contributed by atoms with Gasteiger partial charge in [0, 0.05) is 0 Å². The van der Waals surface area contributed by atoms with Gasteiger partial charge in [0.05, 0.1) is 10.7 Å². The van der Waals surface area contributed by atoms with Gasteiger partial charge in [0.15, 0.2) is 0 Å². The van der Waals surface area contributed by atoms with Crippen molar-refractivity contribution in [1.82, 2.24) is 0 Å². The monoisotopic (exact) mass is 259 g/mol. The van der Waals surface area contributed by atoms with Crippen molar-refractivity contribution in [3.63, 3.8) is 0 Å². The van der Waals surface area contributed by atoms with Crippen LogP contribution in [0, 0.1) is 0 Å². The zero-order valence-corrected chi connectivity index (χ0v) is 10.3. The fourth-order valence-corrected chi connectivity index (χ4v) is 3.82. The van der Waals surface area contributed by atoms with Gasteiger partial charge >= 0.3 is 0 Å². The highest BCUT2D eigenvalue weighted by Gasteiger charge is 2.45. The minimum absolute atomic E-state index is 0.0638. The third-order valence-corrected chi connectivity index (χ3v) is 4.84. The Morgan fingerprint density at radius 3 is 2.56 bits per heavy atom. The van der Waals surface area contributed by atoms with E-state index in [-0.39, 0.29) is 9.92 Å². The lowest BCUT2D eigenvalue weighted by Crippen LogP contribution is -2.48. The number of hydrogen-bond acceptors (Lipinski definition) is 4. The van der Waals surface area contributed by atoms with Crippen molar-refractivity contribution >= 4 is 32.2 Å². The van der Waals surface area contributed by atoms with Crippen molar-refractivity contribution in [2.75, 3.05) is 5.32 Å². The van der Waals surface area contributed by atoms with E-state index in [1.807, 2.05) is 0 Å². The summed E-state index contributed by atoms with van der Waals surface area (Å²) in [6.45, 7) is 3.05. The number of halogens is 1. The van der Waals surface area contributed by atoms with Gasteiger partial charge in [-0.2, -0.15) is 0 Å². The highest BCUT2D eigenvalue weighted by Crippen LogP contribution is 2.37. The molecule has 6 heteroatoms. The molecule has 86 valence electrons. The lowest BCUT2D eigenvalue weighted by Gasteiger charge is -2.31. The Kier molecular flexibility index (Phi) is 2.29. The molecule has 0 saturated carbocycles. The maximum absolute atomic E-state index is 12.0. The summed E-state index contributed by atoms with van der Waals surface area (Å²) < 4.78 is 23.9. The summed E-state index contributed by atoms with van der Waals surface area (Å²) >= 11 is 5.81. The van der Waals surface area contributed by atoms with Crippen LogP contribution < -0.4 is 5.32 Å². The minimum atomic E-state index is -3.99. The second-order valence-electron chi connectivity index (χ2n) is 4.16. The van der Waals surface area contributed by atoms with E-state index in [1.165, 1.54) is 19.9 Å². The van der Waals surface area contributed by atoms with Crippen LogP contribution in [0.2, 0.25) is 5.02 Å². The first kappa shape index (κ1) is 11.4. The van der Waals surface area contributed by atoms with Crippen LogP contribution in [0.1, 0.15) is 13.8 Å². The molecule has 1 heterocycles. The molecule has 0 spiro atoms. The topological polar surface area (TPSA) is 63.2 Å². The van der Waals surface area contributed by atoms with Crippen molar-refractivity contribution in [3.05, 3.63) is 23.2 Å². The summed E-state index contributed by atoms with van der Waals surface area (Å²) in [6.07, 6.45) is 0. The van der Waals surface area contributed by atoms with Crippen LogP contribution >= 0.6 is 11.6 Å². The number of nitrogens with one attached hydrogen (secondary N) is 1. The van der Waals surface area contributed by atoms with E-state index in [4.69, 9.17) is 11.6 Å². The van der Waals surface area contributed by atoms with Crippen LogP contribution in [0.3, 0.4) is 0 Å². The van der Waals surface area contributed by atoms with Crippen LogP contribution in [0.15, 0.2) is 23.1 Å². The first-order valence-electron chi connectivity index (χ1n) is 4.63. The normalized spacial score (nSPS) is 21.1. The molecule has 0 aromatic heterocycles. The maximum Gasteiger partial charge on any atom is 0.275 e. The maximum atomic E-state index is 12.0. The Bertz CT molecular complexity index is 578. The van der Waals surface area contributed by atoms with Crippen LogP contribution in [-0.2, 0) is 14.6 Å². The average Bonchev–Trinajstić information content (AvgIpc) is 2.13. The molecule has 0 aliphatic carbocycles. The largest absolute Gasteiger partial charge is 0.371 e. The van der Waals surface area contributed by atoms with E-state index in [9.17, 15) is 13.2 Å². The van der Waals surface area contributed by atoms with Gasteiger partial charge in [-0.25, -0.2) is 8.42 Å². The molecule has 0 unspecified atom stereocenters. The Hall–Kier alpha value is -1.07. The molecular weight excluding hydrogens is 250 g/mol. The fourth-order valence-electron chi connectivity index (χ4n) is 1.70. The Labute approximate surface area is 98.5 Å². The molecule has 0 bridgehead atoms. The summed E-state index contributed by atoms with van der Waals surface area (Å²) in [5.41, 5.74) is -0.756. The van der Waals surface area contributed by atoms with E-state index >= 15 is 0 Å². The predicted molar refractivity (Wildman–Crippen MR) is 61.3 cm³/mol. The summed E-state index contributed by atoms with van der Waals surface area (Å²) in [6, 6.07) is 4.67. The molecule has 1 N–H and O–H groups in total. The highest BCUT2D eigenvalue weighted by molar-refractivity contribution is 8.06. The second-order valence-corrected chi connectivity index (χ2v) is 6.35. The molecule has 0 radical (unpaired) electrons. The van der Waals surface area contributed by atoms with Gasteiger partial charge in [-0.1, -0.05) is 17.7 Å². The Balaban J connectivity index is 2.83. The van der Waals surface area contributed by atoms with Crippen LogP contribution in [-0.4, -0.2) is 19.1 Å². The van der Waals surface area contributed by atoms with Crippen molar-refractivity contribution in [2.45, 2.75) is 24.3 Å². The molecule has 1 aliphatic heterocycles. The molecule has 0 saturated heterocycles. The molecule has 4 nitrogen and oxygen atoms in total. The molecule has 1 aliphatic rings. The predicted octanol–water partition coefficient (Wildman–Crippen LogP) is 1.84. The quantitative estimate of drug-likeness (QED) is 0.772. The van der Waals surface area contributed by atoms with Gasteiger partial charge in [0.1, 0.15) is 10.4 Å². The van der Waals surface area contributed by atoms with Crippen LogP contribution in [0.4, 0.5) is 5.69 Å². The van der Waals surface area contributed by atoms with Crippen LogP contribution in [0.25, 0.3) is 0 Å². The van der Waals surface area contributed by atoms with Crippen molar-refractivity contribution in [1.29, 1.82) is 0 Å². The lowest BCUT2D eigenvalue weighted by molar-refractivity contribution is -0.114. The van der Waals surface area contributed by atoms with Crippen LogP contribution in [0.5, 0.6) is 0 Å². The van der Waals surface area contributed by atoms with Gasteiger partial charge in [-0.15, -0.1) is 0 Å². The molecule has 16 heavy (non-hydrogen) atoms. The number of rotatable bonds is 0. The molecule has 1 aromatic rings. The van der Waals surface area contributed by atoms with Gasteiger partial charge in [0.25, 0.3) is 5.12 Å². The third kappa shape index (κ3) is 1.43. The number of sulfone groups is 1. The summed E-state index contributed by atoms with van der Waals surface area (Å²) in [7, 11) is -3.99. The van der Waals surface area contributed by atoms with Gasteiger partial charge in [0.2, 0.25) is 9.84 Å². The summed E-state index contributed by atoms with van der Waals surface area (Å²) in [5, 5.41) is 2.07. The summed E-state index contributed by atoms with van der Waals surface area (Å²) in [4.78, 5) is 11.7. The standard InChI is InChI=1S/C10H10ClNO3S/c1-10(2)9(13)16(14,15)8-6(11)4-3-5-7(8)12-10/h3-5,12H,1-2H3. The van der Waals surface area contributed by atoms with Crippen molar-refractivity contribution in [2.24, 2.45) is 0 Å². The molecule has 0 fully saturated rings. The Morgan fingerprint density at radius 2 is 1.94 bits per heavy atom. The van der Waals surface area contributed by atoms with E-state index in [0.29, 0.717) is 5.69 Å². The first-order chi connectivity index (χ1) is 7.27. The Morgan fingerprint density at radius 1 is 1.31 bits per heavy atom. The van der Waals surface area contributed by atoms with E-state index < -0.39 is 20.5 Å². The van der Waals surface area contributed by atoms with Gasteiger partial charge in [-0.3, -0.25) is 4.79 Å². The number of fused-ring (bicyclic) bond motifs is 1. The summed E-state index contributed by atoms with van der Waals surface area (Å²) in [5.74, 6) is 0. The molecule has 1 aromatic carbocycles. The number of anilines is 1. The fraction of sp³-hybridized carbons (Fsp3) is 0.300. The van der Waals surface area contributed by atoms with Gasteiger partial charge in [-0.05, 0) is 26.0 Å². The molecule has 0 amide bonds. The lowest BCUT2D eigenvalue weighted by atomic mass is 10.1. The first-order valence-corrected chi connectivity index (χ1v) is 6.49. The molecule has 2 rings (SSSR count). The van der Waals surface area contributed by atoms with E-state index in [2.05, 4.69) is 5.32 Å².